The standard InChI is InChI=1S/C28H20ClF6N3O5S2/c29-25-14-11-20(16-24(25)28(33,34)35)37-44(40,41)22-12-9-19(10-13-22)36-26(39)17-38(45(42,43)23-7-2-1-3-8-23)21-6-4-5-18(15-21)27(30,31)32/h1-16,37H,17H2,(H,36,39). The number of nitrogens with one attached hydrogen (secondary N) is 2. The van der Waals surface area contributed by atoms with Crippen molar-refractivity contribution in [2.45, 2.75) is 22.1 Å². The minimum atomic E-state index is -4.84. The lowest BCUT2D eigenvalue weighted by Gasteiger charge is -2.25. The molecule has 0 aliphatic rings. The average Bonchev–Trinajstić information content (AvgIpc) is 2.96. The molecule has 0 spiro atoms. The van der Waals surface area contributed by atoms with Crippen LogP contribution in [0.1, 0.15) is 11.1 Å². The van der Waals surface area contributed by atoms with E-state index in [1.165, 1.54) is 30.3 Å². The summed E-state index contributed by atoms with van der Waals surface area (Å²) in [7, 11) is -8.94. The predicted octanol–water partition coefficient (Wildman–Crippen LogP) is 7.01. The van der Waals surface area contributed by atoms with Gasteiger partial charge in [0.2, 0.25) is 5.91 Å². The SMILES string of the molecule is O=C(CN(c1cccc(C(F)(F)F)c1)S(=O)(=O)c1ccccc1)Nc1ccc(S(=O)(=O)Nc2ccc(Cl)c(C(F)(F)F)c2)cc1. The first-order chi connectivity index (χ1) is 20.9. The normalized spacial score (nSPS) is 12.4. The molecular weight excluding hydrogens is 672 g/mol. The number of benzene rings is 4. The summed E-state index contributed by atoms with van der Waals surface area (Å²) < 4.78 is 134. The van der Waals surface area contributed by atoms with Gasteiger partial charge in [-0.3, -0.25) is 13.8 Å². The lowest BCUT2D eigenvalue weighted by Crippen LogP contribution is -2.38. The van der Waals surface area contributed by atoms with Crippen LogP contribution in [0.4, 0.5) is 43.4 Å². The number of nitrogens with zero attached hydrogens (tertiary/aromatic N) is 1. The number of anilines is 3. The quantitative estimate of drug-likeness (QED) is 0.183. The Bertz CT molecular complexity index is 1920. The number of amides is 1. The van der Waals surface area contributed by atoms with Crippen LogP contribution in [0, 0.1) is 0 Å². The Morgan fingerprint density at radius 2 is 1.33 bits per heavy atom. The molecule has 4 rings (SSSR count). The van der Waals surface area contributed by atoms with Crippen molar-refractivity contribution in [2.24, 2.45) is 0 Å². The fourth-order valence-corrected chi connectivity index (χ4v) is 6.65. The molecule has 238 valence electrons. The summed E-state index contributed by atoms with van der Waals surface area (Å²) in [4.78, 5) is 12.3. The number of carbonyl (C=O) groups excluding carboxylic acids is 1. The maximum absolute atomic E-state index is 13.4. The summed E-state index contributed by atoms with van der Waals surface area (Å²) in [5.74, 6) is -0.985. The minimum Gasteiger partial charge on any atom is -0.325 e. The van der Waals surface area contributed by atoms with Crippen LogP contribution in [-0.4, -0.2) is 29.3 Å². The van der Waals surface area contributed by atoms with Gasteiger partial charge < -0.3 is 5.32 Å². The van der Waals surface area contributed by atoms with Crippen LogP contribution >= 0.6 is 11.6 Å². The van der Waals surface area contributed by atoms with Crippen LogP contribution in [0.3, 0.4) is 0 Å². The van der Waals surface area contributed by atoms with Crippen molar-refractivity contribution in [3.63, 3.8) is 0 Å². The highest BCUT2D eigenvalue weighted by atomic mass is 35.5. The van der Waals surface area contributed by atoms with E-state index >= 15 is 0 Å². The Kier molecular flexibility index (Phi) is 9.42. The predicted molar refractivity (Wildman–Crippen MR) is 155 cm³/mol. The molecular formula is C28H20ClF6N3O5S2. The highest BCUT2D eigenvalue weighted by Crippen LogP contribution is 2.37. The summed E-state index contributed by atoms with van der Waals surface area (Å²) in [5.41, 5.74) is -3.28. The maximum Gasteiger partial charge on any atom is 0.417 e. The lowest BCUT2D eigenvalue weighted by atomic mass is 10.2. The fourth-order valence-electron chi connectivity index (χ4n) is 3.94. The molecule has 0 aliphatic carbocycles. The van der Waals surface area contributed by atoms with E-state index < -0.39 is 77.3 Å². The van der Waals surface area contributed by atoms with Crippen LogP contribution < -0.4 is 14.3 Å². The second-order valence-corrected chi connectivity index (χ2v) is 13.2. The number of sulfonamides is 2. The molecule has 4 aromatic carbocycles. The molecule has 0 radical (unpaired) electrons. The molecule has 2 N–H and O–H groups in total. The van der Waals surface area contributed by atoms with Crippen molar-refractivity contribution in [3.8, 4) is 0 Å². The summed E-state index contributed by atoms with van der Waals surface area (Å²) in [5, 5.41) is 1.72. The minimum absolute atomic E-state index is 0.0223. The van der Waals surface area contributed by atoms with Crippen LogP contribution in [0.2, 0.25) is 5.02 Å². The van der Waals surface area contributed by atoms with Crippen LogP contribution in [0.15, 0.2) is 107 Å². The monoisotopic (exact) mass is 691 g/mol. The van der Waals surface area contributed by atoms with E-state index in [9.17, 15) is 48.0 Å². The molecule has 1 amide bonds. The summed E-state index contributed by atoms with van der Waals surface area (Å²) in [6.45, 7) is -0.960. The first kappa shape index (κ1) is 33.6. The lowest BCUT2D eigenvalue weighted by molar-refractivity contribution is -0.138. The average molecular weight is 692 g/mol. The number of hydrogen-bond acceptors (Lipinski definition) is 5. The van der Waals surface area contributed by atoms with Gasteiger partial charge >= 0.3 is 12.4 Å². The van der Waals surface area contributed by atoms with Crippen LogP contribution in [0.25, 0.3) is 0 Å². The largest absolute Gasteiger partial charge is 0.417 e. The Morgan fingerprint density at radius 3 is 1.93 bits per heavy atom. The van der Waals surface area contributed by atoms with Crippen molar-refractivity contribution in [2.75, 3.05) is 20.9 Å². The number of halogens is 7. The van der Waals surface area contributed by atoms with Crippen LogP contribution in [0.5, 0.6) is 0 Å². The van der Waals surface area contributed by atoms with Crippen molar-refractivity contribution >= 4 is 54.6 Å². The molecule has 0 saturated heterocycles. The number of rotatable bonds is 9. The van der Waals surface area contributed by atoms with Gasteiger partial charge in [0.15, 0.2) is 0 Å². The second-order valence-electron chi connectivity index (χ2n) is 9.24. The molecule has 8 nitrogen and oxygen atoms in total. The zero-order chi connectivity index (χ0) is 33.2. The van der Waals surface area contributed by atoms with E-state index in [1.54, 1.807) is 0 Å². The van der Waals surface area contributed by atoms with Gasteiger partial charge in [-0.05, 0) is 72.8 Å². The molecule has 0 heterocycles. The van der Waals surface area contributed by atoms with E-state index in [0.717, 1.165) is 54.6 Å². The topological polar surface area (TPSA) is 113 Å². The van der Waals surface area contributed by atoms with Gasteiger partial charge in [0, 0.05) is 11.4 Å². The first-order valence-corrected chi connectivity index (χ1v) is 15.7. The van der Waals surface area contributed by atoms with Gasteiger partial charge in [-0.25, -0.2) is 16.8 Å². The summed E-state index contributed by atoms with van der Waals surface area (Å²) in [6.07, 6.45) is -9.64. The highest BCUT2D eigenvalue weighted by Gasteiger charge is 2.34. The van der Waals surface area contributed by atoms with E-state index in [-0.39, 0.29) is 10.6 Å². The molecule has 0 bridgehead atoms. The molecule has 0 aromatic heterocycles. The van der Waals surface area contributed by atoms with Crippen molar-refractivity contribution < 1.29 is 48.0 Å². The Balaban J connectivity index is 1.55. The Morgan fingerprint density at radius 1 is 0.711 bits per heavy atom. The van der Waals surface area contributed by atoms with Crippen molar-refractivity contribution in [3.05, 3.63) is 113 Å². The highest BCUT2D eigenvalue weighted by molar-refractivity contribution is 7.93. The first-order valence-electron chi connectivity index (χ1n) is 12.4. The smallest absolute Gasteiger partial charge is 0.325 e. The molecule has 4 aromatic rings. The molecule has 45 heavy (non-hydrogen) atoms. The van der Waals surface area contributed by atoms with Gasteiger partial charge in [0.05, 0.1) is 31.6 Å². The van der Waals surface area contributed by atoms with E-state index in [1.807, 2.05) is 4.72 Å². The fraction of sp³-hybridized carbons (Fsp3) is 0.107. The van der Waals surface area contributed by atoms with Gasteiger partial charge in [0.25, 0.3) is 20.0 Å². The molecule has 0 saturated carbocycles. The zero-order valence-corrected chi connectivity index (χ0v) is 24.8. The molecule has 0 aliphatic heterocycles. The molecule has 17 heteroatoms. The second kappa shape index (κ2) is 12.6. The van der Waals surface area contributed by atoms with Crippen LogP contribution in [-0.2, 0) is 37.2 Å². The molecule has 0 fully saturated rings. The molecule has 0 unspecified atom stereocenters. The third-order valence-corrected chi connectivity index (χ3v) is 9.57. The maximum atomic E-state index is 13.4. The van der Waals surface area contributed by atoms with Crippen molar-refractivity contribution in [1.29, 1.82) is 0 Å². The zero-order valence-electron chi connectivity index (χ0n) is 22.4. The van der Waals surface area contributed by atoms with Gasteiger partial charge in [0.1, 0.15) is 6.54 Å². The van der Waals surface area contributed by atoms with E-state index in [2.05, 4.69) is 5.32 Å². The summed E-state index contributed by atoms with van der Waals surface area (Å²) in [6, 6.07) is 16.8. The van der Waals surface area contributed by atoms with Gasteiger partial charge in [-0.15, -0.1) is 0 Å². The van der Waals surface area contributed by atoms with Crippen molar-refractivity contribution in [1.82, 2.24) is 0 Å². The number of hydrogen-bond donors (Lipinski definition) is 2. The van der Waals surface area contributed by atoms with E-state index in [0.29, 0.717) is 16.4 Å². The molecule has 0 atom stereocenters. The Hall–Kier alpha value is -4.28. The number of alkyl halides is 6. The third-order valence-electron chi connectivity index (χ3n) is 6.05. The Labute approximate surface area is 258 Å². The van der Waals surface area contributed by atoms with Gasteiger partial charge in [-0.1, -0.05) is 35.9 Å². The number of carbonyl (C=O) groups is 1. The van der Waals surface area contributed by atoms with Gasteiger partial charge in [-0.2, -0.15) is 26.3 Å². The third kappa shape index (κ3) is 8.06. The van der Waals surface area contributed by atoms with E-state index in [4.69, 9.17) is 11.6 Å². The summed E-state index contributed by atoms with van der Waals surface area (Å²) >= 11 is 5.56.